The van der Waals surface area contributed by atoms with Crippen LogP contribution >= 0.6 is 11.8 Å². The molecule has 3 atom stereocenters. The number of esters is 1. The average Bonchev–Trinajstić information content (AvgIpc) is 3.26. The van der Waals surface area contributed by atoms with Crippen LogP contribution in [-0.2, 0) is 28.5 Å². The summed E-state index contributed by atoms with van der Waals surface area (Å²) in [7, 11) is 1.64. The minimum absolute atomic E-state index is 0.0516. The molecular weight excluding hydrogens is 512 g/mol. The van der Waals surface area contributed by atoms with Gasteiger partial charge in [-0.1, -0.05) is 6.07 Å². The maximum Gasteiger partial charge on any atom is 0.334 e. The first-order valence-corrected chi connectivity index (χ1v) is 14.3. The summed E-state index contributed by atoms with van der Waals surface area (Å²) in [5, 5.41) is 0.719. The highest BCUT2D eigenvalue weighted by molar-refractivity contribution is 8.14. The molecule has 1 aromatic rings. The maximum atomic E-state index is 12.7. The van der Waals surface area contributed by atoms with Gasteiger partial charge in [0.2, 0.25) is 6.29 Å². The quantitative estimate of drug-likeness (QED) is 0.173. The first-order valence-electron chi connectivity index (χ1n) is 13.3. The van der Waals surface area contributed by atoms with Crippen LogP contribution < -0.4 is 9.47 Å². The fourth-order valence-electron chi connectivity index (χ4n) is 4.22. The molecule has 38 heavy (non-hydrogen) atoms. The zero-order valence-electron chi connectivity index (χ0n) is 22.8. The molecule has 212 valence electrons. The van der Waals surface area contributed by atoms with Crippen LogP contribution in [0.4, 0.5) is 0 Å². The van der Waals surface area contributed by atoms with E-state index in [0.29, 0.717) is 56.9 Å². The molecule has 1 aromatic carbocycles. The molecule has 2 saturated heterocycles. The first kappa shape index (κ1) is 29.1. The number of ether oxygens (including phenoxy) is 7. The van der Waals surface area contributed by atoms with Crippen LogP contribution in [0.3, 0.4) is 0 Å². The Morgan fingerprint density at radius 2 is 1.84 bits per heavy atom. The molecule has 3 unspecified atom stereocenters. The summed E-state index contributed by atoms with van der Waals surface area (Å²) in [5.74, 6) is 1.32. The van der Waals surface area contributed by atoms with E-state index in [4.69, 9.17) is 38.2 Å². The number of benzene rings is 1. The monoisotopic (exact) mass is 552 g/mol. The molecule has 0 radical (unpaired) electrons. The van der Waals surface area contributed by atoms with Crippen molar-refractivity contribution in [3.63, 3.8) is 0 Å². The van der Waals surface area contributed by atoms with Crippen LogP contribution in [0.5, 0.6) is 11.5 Å². The third kappa shape index (κ3) is 7.83. The lowest BCUT2D eigenvalue weighted by Crippen LogP contribution is -2.37. The predicted molar refractivity (Wildman–Crippen MR) is 144 cm³/mol. The highest BCUT2D eigenvalue weighted by Crippen LogP contribution is 2.42. The highest BCUT2D eigenvalue weighted by atomic mass is 32.2. The van der Waals surface area contributed by atoms with Crippen molar-refractivity contribution in [1.82, 2.24) is 4.90 Å². The molecule has 0 amide bonds. The van der Waals surface area contributed by atoms with Crippen molar-refractivity contribution in [3.8, 4) is 11.5 Å². The second-order valence-corrected chi connectivity index (χ2v) is 10.9. The molecule has 0 saturated carbocycles. The summed E-state index contributed by atoms with van der Waals surface area (Å²) >= 11 is 1.51. The van der Waals surface area contributed by atoms with Crippen LogP contribution in [0.15, 0.2) is 23.2 Å². The van der Waals surface area contributed by atoms with Gasteiger partial charge in [0, 0.05) is 26.0 Å². The fraction of sp³-hybridized carbons (Fsp3) is 0.704. The van der Waals surface area contributed by atoms with Gasteiger partial charge in [-0.3, -0.25) is 9.89 Å². The highest BCUT2D eigenvalue weighted by Gasteiger charge is 2.48. The SMILES string of the molecule is COCCOCCOCCOc1cccc(C2=NC(C)(C(=O)OC(C)C)CS2)c1OC1OC1N1CCCC1. The molecule has 4 rings (SSSR count). The number of hydrogen-bond acceptors (Lipinski definition) is 11. The van der Waals surface area contributed by atoms with E-state index in [9.17, 15) is 4.79 Å². The van der Waals surface area contributed by atoms with E-state index in [1.54, 1.807) is 7.11 Å². The van der Waals surface area contributed by atoms with E-state index in [-0.39, 0.29) is 24.6 Å². The van der Waals surface area contributed by atoms with Crippen LogP contribution in [-0.4, -0.2) is 106 Å². The summed E-state index contributed by atoms with van der Waals surface area (Å²) in [6, 6.07) is 5.71. The van der Waals surface area contributed by atoms with Gasteiger partial charge in [-0.25, -0.2) is 4.79 Å². The summed E-state index contributed by atoms with van der Waals surface area (Å²) in [4.78, 5) is 19.8. The molecule has 10 nitrogen and oxygen atoms in total. The van der Waals surface area contributed by atoms with E-state index in [0.717, 1.165) is 23.7 Å². The van der Waals surface area contributed by atoms with E-state index in [1.807, 2.05) is 39.0 Å². The number of methoxy groups -OCH3 is 1. The minimum atomic E-state index is -0.953. The molecule has 11 heteroatoms. The zero-order valence-corrected chi connectivity index (χ0v) is 23.6. The van der Waals surface area contributed by atoms with Crippen molar-refractivity contribution in [1.29, 1.82) is 0 Å². The summed E-state index contributed by atoms with van der Waals surface area (Å²) in [5.41, 5.74) is -0.178. The number of nitrogens with zero attached hydrogens (tertiary/aromatic N) is 2. The molecule has 3 aliphatic rings. The Hall–Kier alpha value is -1.89. The number of rotatable bonds is 16. The van der Waals surface area contributed by atoms with E-state index < -0.39 is 5.54 Å². The Morgan fingerprint density at radius 3 is 2.55 bits per heavy atom. The van der Waals surface area contributed by atoms with Gasteiger partial charge < -0.3 is 33.2 Å². The van der Waals surface area contributed by atoms with Crippen molar-refractivity contribution in [3.05, 3.63) is 23.8 Å². The van der Waals surface area contributed by atoms with Crippen molar-refractivity contribution >= 4 is 22.8 Å². The van der Waals surface area contributed by atoms with Gasteiger partial charge >= 0.3 is 5.97 Å². The second-order valence-electron chi connectivity index (χ2n) is 9.89. The molecule has 0 N–H and O–H groups in total. The minimum Gasteiger partial charge on any atom is -0.487 e. The molecule has 2 fully saturated rings. The molecule has 0 spiro atoms. The standard InChI is InChI=1S/C27H40N2O8S/c1-19(2)35-26(30)27(3)18-38-23(28-27)20-8-7-9-21(34-17-16-33-15-14-32-13-12-31-4)22(20)36-25-24(37-25)29-10-5-6-11-29/h7-9,19,24-25H,5-6,10-18H2,1-4H3. The summed E-state index contributed by atoms with van der Waals surface area (Å²) < 4.78 is 39.8. The maximum absolute atomic E-state index is 12.7. The largest absolute Gasteiger partial charge is 0.487 e. The van der Waals surface area contributed by atoms with E-state index in [2.05, 4.69) is 4.90 Å². The Bertz CT molecular complexity index is 955. The van der Waals surface area contributed by atoms with Gasteiger partial charge in [0.25, 0.3) is 0 Å². The van der Waals surface area contributed by atoms with Crippen molar-refractivity contribution in [2.75, 3.05) is 65.6 Å². The van der Waals surface area contributed by atoms with E-state index in [1.165, 1.54) is 24.6 Å². The normalized spacial score (nSPS) is 25.0. The molecular formula is C27H40N2O8S. The Labute approximate surface area is 229 Å². The predicted octanol–water partition coefficient (Wildman–Crippen LogP) is 3.11. The molecule has 0 bridgehead atoms. The lowest BCUT2D eigenvalue weighted by atomic mass is 10.1. The van der Waals surface area contributed by atoms with Gasteiger partial charge in [-0.05, 0) is 45.7 Å². The number of thioether (sulfide) groups is 1. The number of epoxide rings is 1. The fourth-order valence-corrected chi connectivity index (χ4v) is 5.41. The van der Waals surface area contributed by atoms with Gasteiger partial charge in [-0.2, -0.15) is 0 Å². The molecule has 3 heterocycles. The lowest BCUT2D eigenvalue weighted by molar-refractivity contribution is -0.152. The third-order valence-electron chi connectivity index (χ3n) is 6.28. The summed E-state index contributed by atoms with van der Waals surface area (Å²) in [6.45, 7) is 10.3. The van der Waals surface area contributed by atoms with E-state index >= 15 is 0 Å². The average molecular weight is 553 g/mol. The van der Waals surface area contributed by atoms with Crippen molar-refractivity contribution in [2.24, 2.45) is 4.99 Å². The molecule has 0 aliphatic carbocycles. The van der Waals surface area contributed by atoms with Crippen LogP contribution in [0.2, 0.25) is 0 Å². The number of carbonyl (C=O) groups excluding carboxylic acids is 1. The first-order chi connectivity index (χ1) is 18.4. The zero-order chi connectivity index (χ0) is 27.0. The second kappa shape index (κ2) is 14.0. The van der Waals surface area contributed by atoms with Gasteiger partial charge in [0.05, 0.1) is 44.7 Å². The lowest BCUT2D eigenvalue weighted by Gasteiger charge is -2.19. The number of para-hydroxylation sites is 1. The Morgan fingerprint density at radius 1 is 1.13 bits per heavy atom. The van der Waals surface area contributed by atoms with Crippen molar-refractivity contribution in [2.45, 2.75) is 57.8 Å². The number of aliphatic imine (C=N–C) groups is 1. The van der Waals surface area contributed by atoms with Crippen LogP contribution in [0.1, 0.15) is 39.2 Å². The third-order valence-corrected chi connectivity index (χ3v) is 7.57. The molecule has 0 aromatic heterocycles. The van der Waals surface area contributed by atoms with Gasteiger partial charge in [0.15, 0.2) is 23.3 Å². The number of carbonyl (C=O) groups is 1. The number of hydrogen-bond donors (Lipinski definition) is 0. The van der Waals surface area contributed by atoms with Crippen LogP contribution in [0.25, 0.3) is 0 Å². The topological polar surface area (TPSA) is 101 Å². The summed E-state index contributed by atoms with van der Waals surface area (Å²) in [6.07, 6.45) is 1.72. The van der Waals surface area contributed by atoms with Crippen molar-refractivity contribution < 1.29 is 38.0 Å². The van der Waals surface area contributed by atoms with Gasteiger partial charge in [-0.15, -0.1) is 11.8 Å². The smallest absolute Gasteiger partial charge is 0.334 e. The van der Waals surface area contributed by atoms with Gasteiger partial charge in [0.1, 0.15) is 11.7 Å². The number of likely N-dealkylation sites (tertiary alicyclic amines) is 1. The van der Waals surface area contributed by atoms with Crippen LogP contribution in [0, 0.1) is 0 Å². The molecule has 3 aliphatic heterocycles. The Balaban J connectivity index is 1.43. The Kier molecular flexibility index (Phi) is 10.7.